The number of ether oxygens (including phenoxy) is 1. The van der Waals surface area contributed by atoms with Gasteiger partial charge in [-0.2, -0.15) is 0 Å². The number of rotatable bonds is 4. The average molecular weight is 395 g/mol. The van der Waals surface area contributed by atoms with Gasteiger partial charge >= 0.3 is 0 Å². The Bertz CT molecular complexity index is 550. The summed E-state index contributed by atoms with van der Waals surface area (Å²) in [6.07, 6.45) is 6.56. The van der Waals surface area contributed by atoms with Gasteiger partial charge in [-0.05, 0) is 43.4 Å². The van der Waals surface area contributed by atoms with Gasteiger partial charge < -0.3 is 9.64 Å². The van der Waals surface area contributed by atoms with Gasteiger partial charge in [0.15, 0.2) is 0 Å². The lowest BCUT2D eigenvalue weighted by Gasteiger charge is -2.39. The lowest BCUT2D eigenvalue weighted by Crippen LogP contribution is -2.51. The maximum Gasteiger partial charge on any atom is 0.236 e. The maximum absolute atomic E-state index is 12.7. The maximum atomic E-state index is 12.7. The smallest absolute Gasteiger partial charge is 0.236 e. The van der Waals surface area contributed by atoms with Crippen molar-refractivity contribution in [1.82, 2.24) is 10.2 Å². The zero-order chi connectivity index (χ0) is 16.8. The third-order valence-corrected chi connectivity index (χ3v) is 5.75. The van der Waals surface area contributed by atoms with Crippen LogP contribution in [0.15, 0.2) is 28.7 Å². The van der Waals surface area contributed by atoms with E-state index in [0.29, 0.717) is 6.54 Å². The van der Waals surface area contributed by atoms with Crippen molar-refractivity contribution in [3.8, 4) is 0 Å². The van der Waals surface area contributed by atoms with E-state index in [4.69, 9.17) is 4.74 Å². The molecule has 3 rings (SSSR count). The van der Waals surface area contributed by atoms with Crippen molar-refractivity contribution in [3.63, 3.8) is 0 Å². The molecule has 0 bridgehead atoms. The van der Waals surface area contributed by atoms with Crippen LogP contribution in [0.25, 0.3) is 0 Å². The topological polar surface area (TPSA) is 41.6 Å². The lowest BCUT2D eigenvalue weighted by atomic mass is 9.82. The molecule has 0 aromatic heterocycles. The Morgan fingerprint density at radius 1 is 1.17 bits per heavy atom. The molecule has 5 heteroatoms. The Balaban J connectivity index is 1.69. The van der Waals surface area contributed by atoms with Crippen molar-refractivity contribution < 1.29 is 9.53 Å². The number of likely N-dealkylation sites (tertiary alicyclic amines) is 1. The number of hydrogen-bond acceptors (Lipinski definition) is 3. The minimum atomic E-state index is -0.163. The van der Waals surface area contributed by atoms with Gasteiger partial charge in [0, 0.05) is 36.3 Å². The predicted octanol–water partition coefficient (Wildman–Crippen LogP) is 3.45. The fourth-order valence-electron chi connectivity index (χ4n) is 3.75. The molecular formula is C19H27BrN2O2. The monoisotopic (exact) mass is 394 g/mol. The van der Waals surface area contributed by atoms with Crippen LogP contribution in [0.5, 0.6) is 0 Å². The molecule has 0 radical (unpaired) electrons. The Morgan fingerprint density at radius 3 is 2.54 bits per heavy atom. The Kier molecular flexibility index (Phi) is 6.31. The molecule has 4 nitrogen and oxygen atoms in total. The summed E-state index contributed by atoms with van der Waals surface area (Å²) in [6, 6.07) is 8.42. The summed E-state index contributed by atoms with van der Waals surface area (Å²) < 4.78 is 6.64. The molecule has 1 amide bonds. The number of carbonyl (C=O) groups excluding carboxylic acids is 1. The Hall–Kier alpha value is -0.910. The van der Waals surface area contributed by atoms with Crippen molar-refractivity contribution in [2.24, 2.45) is 0 Å². The first-order chi connectivity index (χ1) is 11.7. The first-order valence-electron chi connectivity index (χ1n) is 9.06. The minimum absolute atomic E-state index is 0.163. The number of nitrogens with zero attached hydrogens (tertiary/aromatic N) is 1. The van der Waals surface area contributed by atoms with E-state index in [1.807, 2.05) is 11.0 Å². The molecular weight excluding hydrogens is 368 g/mol. The number of benzene rings is 1. The van der Waals surface area contributed by atoms with Gasteiger partial charge in [-0.1, -0.05) is 40.9 Å². The van der Waals surface area contributed by atoms with Gasteiger partial charge in [0.05, 0.1) is 6.54 Å². The highest BCUT2D eigenvalue weighted by Crippen LogP contribution is 2.33. The highest BCUT2D eigenvalue weighted by molar-refractivity contribution is 9.10. The second-order valence-corrected chi connectivity index (χ2v) is 7.77. The fraction of sp³-hybridized carbons (Fsp3) is 0.632. The van der Waals surface area contributed by atoms with E-state index in [1.165, 1.54) is 18.4 Å². The van der Waals surface area contributed by atoms with E-state index in [1.54, 1.807) is 0 Å². The molecule has 1 aromatic carbocycles. The van der Waals surface area contributed by atoms with Crippen LogP contribution in [0.3, 0.4) is 0 Å². The van der Waals surface area contributed by atoms with E-state index >= 15 is 0 Å². The average Bonchev–Trinajstić information content (AvgIpc) is 2.90. The second-order valence-electron chi connectivity index (χ2n) is 6.85. The molecule has 1 N–H and O–H groups in total. The van der Waals surface area contributed by atoms with Crippen molar-refractivity contribution in [3.05, 3.63) is 34.3 Å². The highest BCUT2D eigenvalue weighted by Gasteiger charge is 2.35. The molecule has 2 saturated heterocycles. The summed E-state index contributed by atoms with van der Waals surface area (Å²) in [4.78, 5) is 14.7. The number of halogens is 1. The first-order valence-corrected chi connectivity index (χ1v) is 9.86. The van der Waals surface area contributed by atoms with Crippen molar-refractivity contribution in [1.29, 1.82) is 0 Å². The largest absolute Gasteiger partial charge is 0.381 e. The van der Waals surface area contributed by atoms with Gasteiger partial charge in [-0.15, -0.1) is 0 Å². The third kappa shape index (κ3) is 4.38. The number of amides is 1. The molecule has 0 atom stereocenters. The Morgan fingerprint density at radius 2 is 1.88 bits per heavy atom. The van der Waals surface area contributed by atoms with Crippen LogP contribution in [0.1, 0.15) is 44.1 Å². The molecule has 0 unspecified atom stereocenters. The summed E-state index contributed by atoms with van der Waals surface area (Å²) in [5.74, 6) is 0.234. The van der Waals surface area contributed by atoms with E-state index in [0.717, 1.165) is 56.5 Å². The van der Waals surface area contributed by atoms with Crippen LogP contribution in [0, 0.1) is 0 Å². The Labute approximate surface area is 153 Å². The molecule has 24 heavy (non-hydrogen) atoms. The molecule has 2 heterocycles. The van der Waals surface area contributed by atoms with Crippen LogP contribution in [-0.4, -0.2) is 43.7 Å². The van der Waals surface area contributed by atoms with E-state index in [-0.39, 0.29) is 11.4 Å². The van der Waals surface area contributed by atoms with E-state index in [2.05, 4.69) is 39.4 Å². The zero-order valence-electron chi connectivity index (χ0n) is 14.2. The van der Waals surface area contributed by atoms with Crippen LogP contribution < -0.4 is 5.32 Å². The summed E-state index contributed by atoms with van der Waals surface area (Å²) in [7, 11) is 0. The van der Waals surface area contributed by atoms with E-state index in [9.17, 15) is 4.79 Å². The van der Waals surface area contributed by atoms with Gasteiger partial charge in [-0.3, -0.25) is 10.1 Å². The van der Waals surface area contributed by atoms with Crippen LogP contribution in [-0.2, 0) is 15.1 Å². The van der Waals surface area contributed by atoms with Gasteiger partial charge in [0.1, 0.15) is 0 Å². The number of hydrogen-bond donors (Lipinski definition) is 1. The highest BCUT2D eigenvalue weighted by atomic mass is 79.9. The van der Waals surface area contributed by atoms with Gasteiger partial charge in [0.25, 0.3) is 0 Å². The summed E-state index contributed by atoms with van der Waals surface area (Å²) in [6.45, 7) is 3.70. The molecule has 2 fully saturated rings. The molecule has 0 spiro atoms. The molecule has 2 aliphatic heterocycles. The van der Waals surface area contributed by atoms with Crippen molar-refractivity contribution in [2.75, 3.05) is 32.8 Å². The van der Waals surface area contributed by atoms with E-state index < -0.39 is 0 Å². The molecule has 132 valence electrons. The van der Waals surface area contributed by atoms with Crippen molar-refractivity contribution in [2.45, 2.75) is 44.1 Å². The minimum Gasteiger partial charge on any atom is -0.381 e. The molecule has 0 saturated carbocycles. The molecule has 0 aliphatic carbocycles. The standard InChI is InChI=1S/C19H27BrN2O2/c20-17-7-5-6-16(14-17)19(8-12-24-13-9-19)21-15-18(23)22-10-3-1-2-4-11-22/h5-7,14,21H,1-4,8-13,15H2. The SMILES string of the molecule is O=C(CNC1(c2cccc(Br)c2)CCOCC1)N1CCCCCC1. The number of carbonyl (C=O) groups is 1. The summed E-state index contributed by atoms with van der Waals surface area (Å²) in [5, 5.41) is 3.60. The second kappa shape index (κ2) is 8.45. The third-order valence-electron chi connectivity index (χ3n) is 5.26. The van der Waals surface area contributed by atoms with Gasteiger partial charge in [-0.25, -0.2) is 0 Å². The lowest BCUT2D eigenvalue weighted by molar-refractivity contribution is -0.130. The summed E-state index contributed by atoms with van der Waals surface area (Å²) >= 11 is 3.57. The van der Waals surface area contributed by atoms with Gasteiger partial charge in [0.2, 0.25) is 5.91 Å². The normalized spacial score (nSPS) is 21.3. The van der Waals surface area contributed by atoms with Crippen molar-refractivity contribution >= 4 is 21.8 Å². The van der Waals surface area contributed by atoms with Crippen LogP contribution >= 0.6 is 15.9 Å². The fourth-order valence-corrected chi connectivity index (χ4v) is 4.15. The predicted molar refractivity (Wildman–Crippen MR) is 98.9 cm³/mol. The van der Waals surface area contributed by atoms with Crippen LogP contribution in [0.4, 0.5) is 0 Å². The van der Waals surface area contributed by atoms with Crippen LogP contribution in [0.2, 0.25) is 0 Å². The quantitative estimate of drug-likeness (QED) is 0.849. The zero-order valence-corrected chi connectivity index (χ0v) is 15.8. The first kappa shape index (κ1) is 17.9. The molecule has 1 aromatic rings. The number of nitrogens with one attached hydrogen (secondary N) is 1. The summed E-state index contributed by atoms with van der Waals surface area (Å²) in [5.41, 5.74) is 1.08. The molecule has 2 aliphatic rings.